The molecule has 0 amide bonds. The van der Waals surface area contributed by atoms with E-state index in [1.165, 1.54) is 4.90 Å². The second-order valence-electron chi connectivity index (χ2n) is 4.23. The molecule has 0 aliphatic carbocycles. The first-order chi connectivity index (χ1) is 8.46. The van der Waals surface area contributed by atoms with Crippen molar-refractivity contribution in [3.8, 4) is 0 Å². The van der Waals surface area contributed by atoms with Gasteiger partial charge in [0.15, 0.2) is 0 Å². The summed E-state index contributed by atoms with van der Waals surface area (Å²) < 4.78 is 36.7. The van der Waals surface area contributed by atoms with Gasteiger partial charge in [-0.2, -0.15) is 13.2 Å². The van der Waals surface area contributed by atoms with Crippen molar-refractivity contribution in [3.63, 3.8) is 0 Å². The van der Waals surface area contributed by atoms with Gasteiger partial charge in [0.25, 0.3) is 0 Å². The molecule has 0 unspecified atom stereocenters. The van der Waals surface area contributed by atoms with Gasteiger partial charge in [0.1, 0.15) is 0 Å². The smallest absolute Gasteiger partial charge is 0.339 e. The van der Waals surface area contributed by atoms with Crippen LogP contribution in [-0.4, -0.2) is 61.2 Å². The van der Waals surface area contributed by atoms with E-state index in [9.17, 15) is 13.2 Å². The van der Waals surface area contributed by atoms with Gasteiger partial charge in [-0.3, -0.25) is 15.3 Å². The van der Waals surface area contributed by atoms with E-state index in [1.807, 2.05) is 11.8 Å². The maximum Gasteiger partial charge on any atom is 0.401 e. The van der Waals surface area contributed by atoms with E-state index in [4.69, 9.17) is 5.84 Å². The fourth-order valence-electron chi connectivity index (χ4n) is 1.83. The standard InChI is InChI=1S/C10H20F3N5/c1-2-3-15-9(16-14)18-6-4-17(5-7-18)8-10(11,12)13/h2-8,14H2,1H3,(H,15,16). The van der Waals surface area contributed by atoms with Crippen molar-refractivity contribution in [2.75, 3.05) is 39.3 Å². The number of hydrogen-bond donors (Lipinski definition) is 2. The van der Waals surface area contributed by atoms with Gasteiger partial charge in [-0.05, 0) is 6.42 Å². The molecule has 1 saturated heterocycles. The van der Waals surface area contributed by atoms with Crippen LogP contribution in [0, 0.1) is 0 Å². The lowest BCUT2D eigenvalue weighted by molar-refractivity contribution is -0.148. The first-order valence-corrected chi connectivity index (χ1v) is 6.01. The summed E-state index contributed by atoms with van der Waals surface area (Å²) in [6.07, 6.45) is -3.23. The van der Waals surface area contributed by atoms with Crippen molar-refractivity contribution < 1.29 is 13.2 Å². The molecule has 1 fully saturated rings. The van der Waals surface area contributed by atoms with Gasteiger partial charge >= 0.3 is 6.18 Å². The number of nitrogens with one attached hydrogen (secondary N) is 1. The quantitative estimate of drug-likeness (QED) is 0.336. The van der Waals surface area contributed by atoms with E-state index >= 15 is 0 Å². The topological polar surface area (TPSA) is 56.9 Å². The predicted molar refractivity (Wildman–Crippen MR) is 64.0 cm³/mol. The number of piperazine rings is 1. The van der Waals surface area contributed by atoms with Crippen LogP contribution >= 0.6 is 0 Å². The van der Waals surface area contributed by atoms with E-state index in [2.05, 4.69) is 10.4 Å². The Morgan fingerprint density at radius 2 is 1.89 bits per heavy atom. The second kappa shape index (κ2) is 6.79. The van der Waals surface area contributed by atoms with E-state index in [-0.39, 0.29) is 0 Å². The average Bonchev–Trinajstić information content (AvgIpc) is 2.30. The summed E-state index contributed by atoms with van der Waals surface area (Å²) in [5.74, 6) is 5.92. The molecule has 0 aromatic rings. The van der Waals surface area contributed by atoms with Gasteiger partial charge in [-0.15, -0.1) is 0 Å². The highest BCUT2D eigenvalue weighted by Crippen LogP contribution is 2.17. The molecule has 3 N–H and O–H groups in total. The number of guanidine groups is 1. The van der Waals surface area contributed by atoms with Crippen LogP contribution in [-0.2, 0) is 0 Å². The Hall–Kier alpha value is -1.02. The van der Waals surface area contributed by atoms with Crippen LogP contribution < -0.4 is 11.3 Å². The minimum atomic E-state index is -4.13. The van der Waals surface area contributed by atoms with E-state index in [1.54, 1.807) is 0 Å². The monoisotopic (exact) mass is 267 g/mol. The summed E-state index contributed by atoms with van der Waals surface area (Å²) in [5.41, 5.74) is 2.50. The molecule has 1 rings (SSSR count). The highest BCUT2D eigenvalue weighted by atomic mass is 19.4. The van der Waals surface area contributed by atoms with Gasteiger partial charge in [0, 0.05) is 32.7 Å². The molecule has 0 aromatic carbocycles. The van der Waals surface area contributed by atoms with Crippen molar-refractivity contribution in [1.82, 2.24) is 15.2 Å². The minimum Gasteiger partial charge on any atom is -0.339 e. The van der Waals surface area contributed by atoms with Crippen molar-refractivity contribution in [3.05, 3.63) is 0 Å². The summed E-state index contributed by atoms with van der Waals surface area (Å²) >= 11 is 0. The van der Waals surface area contributed by atoms with Crippen LogP contribution in [0.3, 0.4) is 0 Å². The molecule has 8 heteroatoms. The highest BCUT2D eigenvalue weighted by molar-refractivity contribution is 5.79. The minimum absolute atomic E-state index is 0.367. The third kappa shape index (κ3) is 5.09. The van der Waals surface area contributed by atoms with Crippen LogP contribution in [0.4, 0.5) is 13.2 Å². The number of halogens is 3. The molecule has 1 aliphatic rings. The zero-order valence-electron chi connectivity index (χ0n) is 10.5. The number of aliphatic imine (C=N–C) groups is 1. The van der Waals surface area contributed by atoms with Crippen molar-refractivity contribution in [2.24, 2.45) is 10.8 Å². The largest absolute Gasteiger partial charge is 0.401 e. The molecule has 18 heavy (non-hydrogen) atoms. The molecule has 0 radical (unpaired) electrons. The average molecular weight is 267 g/mol. The maximum atomic E-state index is 12.2. The first-order valence-electron chi connectivity index (χ1n) is 6.01. The number of rotatable bonds is 3. The van der Waals surface area contributed by atoms with Gasteiger partial charge in [0.05, 0.1) is 6.54 Å². The Balaban J connectivity index is 2.42. The summed E-state index contributed by atoms with van der Waals surface area (Å²) in [7, 11) is 0. The summed E-state index contributed by atoms with van der Waals surface area (Å²) in [6, 6.07) is 0. The zero-order chi connectivity index (χ0) is 13.6. The molecule has 5 nitrogen and oxygen atoms in total. The molecule has 1 heterocycles. The van der Waals surface area contributed by atoms with Crippen LogP contribution in [0.1, 0.15) is 13.3 Å². The first kappa shape index (κ1) is 15.0. The third-order valence-corrected chi connectivity index (χ3v) is 2.69. The highest BCUT2D eigenvalue weighted by Gasteiger charge is 2.32. The van der Waals surface area contributed by atoms with Crippen LogP contribution in [0.5, 0.6) is 0 Å². The molecule has 1 aliphatic heterocycles. The molecular formula is C10H20F3N5. The molecular weight excluding hydrogens is 247 g/mol. The van der Waals surface area contributed by atoms with Crippen LogP contribution in [0.2, 0.25) is 0 Å². The Morgan fingerprint density at radius 3 is 2.33 bits per heavy atom. The Labute approximate surface area is 105 Å². The van der Waals surface area contributed by atoms with Crippen molar-refractivity contribution in [1.29, 1.82) is 0 Å². The summed E-state index contributed by atoms with van der Waals surface area (Å²) in [4.78, 5) is 7.52. The van der Waals surface area contributed by atoms with Crippen LogP contribution in [0.25, 0.3) is 0 Å². The van der Waals surface area contributed by atoms with Gasteiger partial charge in [0.2, 0.25) is 5.96 Å². The molecule has 106 valence electrons. The normalized spacial score (nSPS) is 19.2. The number of hydrogen-bond acceptors (Lipinski definition) is 3. The summed E-state index contributed by atoms with van der Waals surface area (Å²) in [5, 5.41) is 0. The lowest BCUT2D eigenvalue weighted by Crippen LogP contribution is -2.55. The predicted octanol–water partition coefficient (Wildman–Crippen LogP) is 0.396. The van der Waals surface area contributed by atoms with Crippen molar-refractivity contribution in [2.45, 2.75) is 19.5 Å². The van der Waals surface area contributed by atoms with Crippen LogP contribution in [0.15, 0.2) is 4.99 Å². The third-order valence-electron chi connectivity index (χ3n) is 2.69. The Morgan fingerprint density at radius 1 is 1.28 bits per heavy atom. The number of nitrogens with two attached hydrogens (primary N) is 1. The van der Waals surface area contributed by atoms with Gasteiger partial charge in [-0.25, -0.2) is 5.84 Å². The van der Waals surface area contributed by atoms with Gasteiger partial charge in [-0.1, -0.05) is 6.92 Å². The molecule has 0 saturated carbocycles. The molecule has 0 aromatic heterocycles. The zero-order valence-corrected chi connectivity index (χ0v) is 10.5. The number of nitrogens with zero attached hydrogens (tertiary/aromatic N) is 3. The lowest BCUT2D eigenvalue weighted by atomic mass is 10.3. The van der Waals surface area contributed by atoms with Gasteiger partial charge < -0.3 is 4.90 Å². The van der Waals surface area contributed by atoms with E-state index in [0.717, 1.165) is 6.42 Å². The Bertz CT molecular complexity index is 271. The Kier molecular flexibility index (Phi) is 5.67. The number of alkyl halides is 3. The molecule has 0 spiro atoms. The number of hydrazine groups is 1. The summed E-state index contributed by atoms with van der Waals surface area (Å²) in [6.45, 7) is 3.55. The van der Waals surface area contributed by atoms with E-state index in [0.29, 0.717) is 38.7 Å². The fourth-order valence-corrected chi connectivity index (χ4v) is 1.83. The van der Waals surface area contributed by atoms with E-state index < -0.39 is 12.7 Å². The lowest BCUT2D eigenvalue weighted by Gasteiger charge is -2.36. The maximum absolute atomic E-state index is 12.2. The SMILES string of the molecule is CCCN=C(NN)N1CCN(CC(F)(F)F)CC1. The fraction of sp³-hybridized carbons (Fsp3) is 0.900. The second-order valence-corrected chi connectivity index (χ2v) is 4.23. The van der Waals surface area contributed by atoms with Crippen molar-refractivity contribution >= 4 is 5.96 Å². The molecule has 0 atom stereocenters. The molecule has 0 bridgehead atoms.